The van der Waals surface area contributed by atoms with Crippen LogP contribution >= 0.6 is 0 Å². The van der Waals surface area contributed by atoms with E-state index in [0.717, 1.165) is 0 Å². The lowest BCUT2D eigenvalue weighted by atomic mass is 10.6. The van der Waals surface area contributed by atoms with Crippen LogP contribution in [0.4, 0.5) is 0 Å². The maximum atomic E-state index is 5.95. The van der Waals surface area contributed by atoms with E-state index in [-0.39, 0.29) is 0 Å². The van der Waals surface area contributed by atoms with Crippen molar-refractivity contribution < 1.29 is 0 Å². The average molecular weight is 228 g/mol. The zero-order valence-electron chi connectivity index (χ0n) is 8.80. The molecule has 2 aliphatic heterocycles. The molecule has 0 saturated heterocycles. The summed E-state index contributed by atoms with van der Waals surface area (Å²) in [6.45, 7) is 2.60. The summed E-state index contributed by atoms with van der Waals surface area (Å²) in [7, 11) is 0. The van der Waals surface area contributed by atoms with Crippen LogP contribution in [0.1, 0.15) is 0 Å². The van der Waals surface area contributed by atoms with Gasteiger partial charge < -0.3 is 0 Å². The van der Waals surface area contributed by atoms with E-state index in [4.69, 9.17) is 17.5 Å². The third-order valence-electron chi connectivity index (χ3n) is 2.39. The monoisotopic (exact) mass is 228 g/mol. The standard InChI is InChI=1S/C6H16N10/c7-12-5-10-1-3-14(5)16(9)15-4-2-11-6(15)13-8/h1-4,7-9H2,(H,10,12)(H,11,13). The van der Waals surface area contributed by atoms with E-state index in [1.54, 1.807) is 10.0 Å². The van der Waals surface area contributed by atoms with E-state index < -0.39 is 0 Å². The normalized spacial score (nSPS) is 20.2. The lowest BCUT2D eigenvalue weighted by molar-refractivity contribution is -0.0985. The molecule has 90 valence electrons. The van der Waals surface area contributed by atoms with Crippen LogP contribution in [0.25, 0.3) is 0 Å². The van der Waals surface area contributed by atoms with Crippen LogP contribution in [0.3, 0.4) is 0 Å². The highest BCUT2D eigenvalue weighted by atomic mass is 16.0. The summed E-state index contributed by atoms with van der Waals surface area (Å²) in [5.41, 5.74) is 4.97. The van der Waals surface area contributed by atoms with Crippen LogP contribution in [0.5, 0.6) is 0 Å². The van der Waals surface area contributed by atoms with Crippen molar-refractivity contribution in [1.82, 2.24) is 26.1 Å². The predicted octanol–water partition coefficient (Wildman–Crippen LogP) is -3.74. The Morgan fingerprint density at radius 1 is 1.00 bits per heavy atom. The number of rotatable bonds is 2. The summed E-state index contributed by atoms with van der Waals surface area (Å²) in [5.74, 6) is 17.7. The second-order valence-corrected chi connectivity index (χ2v) is 3.27. The summed E-state index contributed by atoms with van der Waals surface area (Å²) in [4.78, 5) is 8.29. The van der Waals surface area contributed by atoms with Crippen LogP contribution in [-0.2, 0) is 0 Å². The molecular formula is C6H16N10. The Bertz CT molecular complexity index is 280. The summed E-state index contributed by atoms with van der Waals surface area (Å²) < 4.78 is 0. The Kier molecular flexibility index (Phi) is 3.05. The number of nitrogens with one attached hydrogen (secondary N) is 2. The quantitative estimate of drug-likeness (QED) is 0.240. The summed E-state index contributed by atoms with van der Waals surface area (Å²) in [6.07, 6.45) is 0. The second-order valence-electron chi connectivity index (χ2n) is 3.27. The Balaban J connectivity index is 2.05. The van der Waals surface area contributed by atoms with Crippen LogP contribution in [-0.4, -0.2) is 53.3 Å². The Hall–Kier alpha value is -1.62. The molecule has 0 atom stereocenters. The molecule has 0 aromatic heterocycles. The first-order chi connectivity index (χ1) is 7.77. The first-order valence-electron chi connectivity index (χ1n) is 4.89. The van der Waals surface area contributed by atoms with Crippen LogP contribution in [0.2, 0.25) is 0 Å². The van der Waals surface area contributed by atoms with Gasteiger partial charge in [0.15, 0.2) is 0 Å². The highest BCUT2D eigenvalue weighted by Crippen LogP contribution is 2.07. The fourth-order valence-corrected chi connectivity index (χ4v) is 1.65. The molecule has 0 bridgehead atoms. The van der Waals surface area contributed by atoms with Crippen molar-refractivity contribution in [2.75, 3.05) is 26.2 Å². The van der Waals surface area contributed by atoms with Gasteiger partial charge in [0.1, 0.15) is 0 Å². The zero-order valence-corrected chi connectivity index (χ0v) is 8.80. The van der Waals surface area contributed by atoms with Gasteiger partial charge >= 0.3 is 0 Å². The Morgan fingerprint density at radius 3 is 1.81 bits per heavy atom. The van der Waals surface area contributed by atoms with Gasteiger partial charge in [-0.2, -0.15) is 0 Å². The molecule has 0 aliphatic carbocycles. The number of hydrogen-bond donors (Lipinski definition) is 5. The lowest BCUT2D eigenvalue weighted by Crippen LogP contribution is -2.64. The van der Waals surface area contributed by atoms with Crippen molar-refractivity contribution in [1.29, 1.82) is 0 Å². The van der Waals surface area contributed by atoms with Gasteiger partial charge in [-0.3, -0.25) is 10.9 Å². The van der Waals surface area contributed by atoms with E-state index in [0.29, 0.717) is 38.1 Å². The van der Waals surface area contributed by atoms with Crippen molar-refractivity contribution >= 4 is 11.9 Å². The average Bonchev–Trinajstić information content (AvgIpc) is 2.96. The molecule has 2 aliphatic rings. The summed E-state index contributed by atoms with van der Waals surface area (Å²) >= 11 is 0. The smallest absolute Gasteiger partial charge is 0.225 e. The number of aliphatic imine (C=N–C) groups is 2. The number of hydrazine groups is 5. The molecule has 0 unspecified atom stereocenters. The van der Waals surface area contributed by atoms with Gasteiger partial charge in [-0.15, -0.1) is 0 Å². The van der Waals surface area contributed by atoms with Crippen molar-refractivity contribution in [2.24, 2.45) is 27.5 Å². The molecule has 2 heterocycles. The SMILES string of the molecule is NNC1=NCCN1N(N)N1CCN=C1NN. The van der Waals surface area contributed by atoms with Gasteiger partial charge in [-0.05, 0) is 0 Å². The van der Waals surface area contributed by atoms with Crippen molar-refractivity contribution in [2.45, 2.75) is 0 Å². The van der Waals surface area contributed by atoms with Gasteiger partial charge in [0.05, 0.1) is 26.2 Å². The molecule has 16 heavy (non-hydrogen) atoms. The van der Waals surface area contributed by atoms with E-state index in [1.807, 2.05) is 0 Å². The minimum Gasteiger partial charge on any atom is -0.293 e. The maximum Gasteiger partial charge on any atom is 0.225 e. The molecule has 0 fully saturated rings. The molecule has 0 aromatic rings. The second kappa shape index (κ2) is 4.49. The number of guanidine groups is 2. The van der Waals surface area contributed by atoms with Crippen molar-refractivity contribution in [3.63, 3.8) is 0 Å². The summed E-state index contributed by atoms with van der Waals surface area (Å²) in [6, 6.07) is 0. The number of hydrogen-bond acceptors (Lipinski definition) is 10. The molecule has 2 rings (SSSR count). The minimum absolute atomic E-state index is 0.519. The third kappa shape index (κ3) is 1.74. The molecule has 0 saturated carbocycles. The Morgan fingerprint density at radius 2 is 1.44 bits per heavy atom. The molecule has 10 nitrogen and oxygen atoms in total. The summed E-state index contributed by atoms with van der Waals surface area (Å²) in [5, 5.41) is 4.81. The highest BCUT2D eigenvalue weighted by Gasteiger charge is 2.29. The largest absolute Gasteiger partial charge is 0.293 e. The van der Waals surface area contributed by atoms with Gasteiger partial charge in [-0.25, -0.2) is 37.5 Å². The minimum atomic E-state index is 0.519. The van der Waals surface area contributed by atoms with Crippen LogP contribution in [0, 0.1) is 0 Å². The van der Waals surface area contributed by atoms with Crippen LogP contribution in [0.15, 0.2) is 9.98 Å². The topological polar surface area (TPSA) is 137 Å². The molecule has 10 heteroatoms. The van der Waals surface area contributed by atoms with E-state index in [2.05, 4.69) is 20.8 Å². The molecular weight excluding hydrogens is 212 g/mol. The molecule has 0 aromatic carbocycles. The molecule has 0 spiro atoms. The van der Waals surface area contributed by atoms with Gasteiger partial charge in [0, 0.05) is 0 Å². The lowest BCUT2D eigenvalue weighted by Gasteiger charge is -2.36. The van der Waals surface area contributed by atoms with Crippen molar-refractivity contribution in [3.8, 4) is 0 Å². The van der Waals surface area contributed by atoms with Gasteiger partial charge in [0.2, 0.25) is 11.9 Å². The number of nitrogens with two attached hydrogens (primary N) is 3. The van der Waals surface area contributed by atoms with E-state index >= 15 is 0 Å². The fraction of sp³-hybridized carbons (Fsp3) is 0.667. The van der Waals surface area contributed by atoms with E-state index in [9.17, 15) is 0 Å². The zero-order chi connectivity index (χ0) is 11.5. The molecule has 8 N–H and O–H groups in total. The highest BCUT2D eigenvalue weighted by molar-refractivity contribution is 5.82. The maximum absolute atomic E-state index is 5.95. The first-order valence-corrected chi connectivity index (χ1v) is 4.89. The Labute approximate surface area is 92.6 Å². The van der Waals surface area contributed by atoms with Crippen molar-refractivity contribution in [3.05, 3.63) is 0 Å². The van der Waals surface area contributed by atoms with Crippen LogP contribution < -0.4 is 28.4 Å². The first kappa shape index (κ1) is 10.9. The van der Waals surface area contributed by atoms with E-state index in [1.165, 1.54) is 5.23 Å². The fourth-order valence-electron chi connectivity index (χ4n) is 1.65. The van der Waals surface area contributed by atoms with Gasteiger partial charge in [-0.1, -0.05) is 5.23 Å². The molecule has 0 amide bonds. The third-order valence-corrected chi connectivity index (χ3v) is 2.39. The van der Waals surface area contributed by atoms with Gasteiger partial charge in [0.25, 0.3) is 0 Å². The number of nitrogens with zero attached hydrogens (tertiary/aromatic N) is 5. The molecule has 0 radical (unpaired) electrons. The predicted molar refractivity (Wildman–Crippen MR) is 58.7 cm³/mol.